The van der Waals surface area contributed by atoms with Gasteiger partial charge in [0.15, 0.2) is 0 Å². The summed E-state index contributed by atoms with van der Waals surface area (Å²) in [6.07, 6.45) is 2.67. The second-order valence-electron chi connectivity index (χ2n) is 4.17. The molecule has 1 saturated heterocycles. The second kappa shape index (κ2) is 6.16. The minimum absolute atomic E-state index is 0.809. The minimum Gasteiger partial charge on any atom is -0.496 e. The molecule has 0 bridgehead atoms. The average molecular weight is 237 g/mol. The zero-order valence-electron chi connectivity index (χ0n) is 9.74. The molecule has 0 amide bonds. The minimum atomic E-state index is 0.809. The average Bonchev–Trinajstić information content (AvgIpc) is 2.38. The molecule has 88 valence electrons. The molecule has 0 aliphatic carbocycles. The van der Waals surface area contributed by atoms with E-state index >= 15 is 0 Å². The lowest BCUT2D eigenvalue weighted by atomic mass is 10.0. The van der Waals surface area contributed by atoms with E-state index in [2.05, 4.69) is 17.4 Å². The van der Waals surface area contributed by atoms with Gasteiger partial charge in [0.1, 0.15) is 5.75 Å². The van der Waals surface area contributed by atoms with Crippen LogP contribution in [0.1, 0.15) is 12.8 Å². The van der Waals surface area contributed by atoms with Crippen LogP contribution in [0.15, 0.2) is 29.2 Å². The van der Waals surface area contributed by atoms with Crippen molar-refractivity contribution >= 4 is 11.8 Å². The maximum absolute atomic E-state index is 5.35. The summed E-state index contributed by atoms with van der Waals surface area (Å²) in [7, 11) is 1.74. The molecule has 0 aromatic heterocycles. The number of para-hydroxylation sites is 1. The van der Waals surface area contributed by atoms with Crippen molar-refractivity contribution in [3.05, 3.63) is 24.3 Å². The number of hydrogen-bond acceptors (Lipinski definition) is 3. The molecule has 1 N–H and O–H groups in total. The second-order valence-corrected chi connectivity index (χ2v) is 5.24. The number of piperidine rings is 1. The van der Waals surface area contributed by atoms with E-state index in [-0.39, 0.29) is 0 Å². The summed E-state index contributed by atoms with van der Waals surface area (Å²) < 4.78 is 5.35. The predicted octanol–water partition coefficient (Wildman–Crippen LogP) is 2.79. The summed E-state index contributed by atoms with van der Waals surface area (Å²) in [6.45, 7) is 2.36. The Balaban J connectivity index is 1.88. The largest absolute Gasteiger partial charge is 0.496 e. The molecule has 2 rings (SSSR count). The van der Waals surface area contributed by atoms with E-state index < -0.39 is 0 Å². The number of benzene rings is 1. The van der Waals surface area contributed by atoms with Crippen molar-refractivity contribution in [2.75, 3.05) is 26.0 Å². The Hall–Kier alpha value is -0.670. The van der Waals surface area contributed by atoms with Gasteiger partial charge in [-0.05, 0) is 44.0 Å². The van der Waals surface area contributed by atoms with Crippen molar-refractivity contribution in [3.8, 4) is 5.75 Å². The number of hydrogen-bond donors (Lipinski definition) is 1. The Morgan fingerprint density at radius 2 is 2.31 bits per heavy atom. The van der Waals surface area contributed by atoms with Crippen LogP contribution in [0.2, 0.25) is 0 Å². The third-order valence-corrected chi connectivity index (χ3v) is 4.23. The molecule has 1 aromatic rings. The van der Waals surface area contributed by atoms with Gasteiger partial charge >= 0.3 is 0 Å². The van der Waals surface area contributed by atoms with Gasteiger partial charge < -0.3 is 10.1 Å². The first-order chi connectivity index (χ1) is 7.90. The normalized spacial score (nSPS) is 20.7. The molecule has 3 heteroatoms. The highest BCUT2D eigenvalue weighted by atomic mass is 32.2. The lowest BCUT2D eigenvalue weighted by molar-refractivity contribution is 0.402. The highest BCUT2D eigenvalue weighted by molar-refractivity contribution is 7.99. The first-order valence-electron chi connectivity index (χ1n) is 5.86. The predicted molar refractivity (Wildman–Crippen MR) is 69.3 cm³/mol. The van der Waals surface area contributed by atoms with Crippen molar-refractivity contribution in [3.63, 3.8) is 0 Å². The molecule has 16 heavy (non-hydrogen) atoms. The molecule has 0 radical (unpaired) electrons. The molecule has 0 spiro atoms. The molecule has 1 aromatic carbocycles. The van der Waals surface area contributed by atoms with Gasteiger partial charge in [0.2, 0.25) is 0 Å². The third-order valence-electron chi connectivity index (χ3n) is 2.94. The quantitative estimate of drug-likeness (QED) is 0.814. The van der Waals surface area contributed by atoms with Crippen molar-refractivity contribution < 1.29 is 4.74 Å². The van der Waals surface area contributed by atoms with Gasteiger partial charge in [-0.15, -0.1) is 11.8 Å². The molecule has 1 aliphatic rings. The van der Waals surface area contributed by atoms with Gasteiger partial charge in [-0.2, -0.15) is 0 Å². The van der Waals surface area contributed by atoms with Crippen LogP contribution < -0.4 is 10.1 Å². The maximum Gasteiger partial charge on any atom is 0.132 e. The summed E-state index contributed by atoms with van der Waals surface area (Å²) in [5, 5.41) is 3.46. The van der Waals surface area contributed by atoms with Gasteiger partial charge in [0, 0.05) is 10.6 Å². The summed E-state index contributed by atoms with van der Waals surface area (Å²) in [5.41, 5.74) is 0. The van der Waals surface area contributed by atoms with Crippen LogP contribution in [-0.2, 0) is 0 Å². The monoisotopic (exact) mass is 237 g/mol. The lowest BCUT2D eigenvalue weighted by Gasteiger charge is -2.22. The molecular formula is C13H19NOS. The molecule has 1 aliphatic heterocycles. The van der Waals surface area contributed by atoms with Crippen LogP contribution in [0, 0.1) is 5.92 Å². The van der Waals surface area contributed by atoms with Crippen LogP contribution in [0.3, 0.4) is 0 Å². The number of nitrogens with one attached hydrogen (secondary N) is 1. The van der Waals surface area contributed by atoms with Crippen LogP contribution in [0.4, 0.5) is 0 Å². The van der Waals surface area contributed by atoms with E-state index in [1.807, 2.05) is 23.9 Å². The summed E-state index contributed by atoms with van der Waals surface area (Å²) in [5.74, 6) is 2.99. The molecule has 2 nitrogen and oxygen atoms in total. The van der Waals surface area contributed by atoms with E-state index in [0.717, 1.165) is 11.7 Å². The Labute approximate surface area is 102 Å². The van der Waals surface area contributed by atoms with Gasteiger partial charge in [0.25, 0.3) is 0 Å². The molecule has 1 heterocycles. The third kappa shape index (κ3) is 3.16. The summed E-state index contributed by atoms with van der Waals surface area (Å²) >= 11 is 1.91. The van der Waals surface area contributed by atoms with Crippen molar-refractivity contribution in [1.82, 2.24) is 5.32 Å². The number of methoxy groups -OCH3 is 1. The molecule has 0 saturated carbocycles. The van der Waals surface area contributed by atoms with Gasteiger partial charge in [-0.25, -0.2) is 0 Å². The van der Waals surface area contributed by atoms with E-state index in [4.69, 9.17) is 4.74 Å². The van der Waals surface area contributed by atoms with E-state index in [9.17, 15) is 0 Å². The zero-order valence-corrected chi connectivity index (χ0v) is 10.6. The van der Waals surface area contributed by atoms with Gasteiger partial charge in [-0.3, -0.25) is 0 Å². The van der Waals surface area contributed by atoms with Crippen molar-refractivity contribution in [2.45, 2.75) is 17.7 Å². The van der Waals surface area contributed by atoms with E-state index in [1.54, 1.807) is 7.11 Å². The zero-order chi connectivity index (χ0) is 11.2. The topological polar surface area (TPSA) is 21.3 Å². The van der Waals surface area contributed by atoms with Crippen LogP contribution in [0.25, 0.3) is 0 Å². The number of ether oxygens (including phenoxy) is 1. The Morgan fingerprint density at radius 1 is 1.44 bits per heavy atom. The van der Waals surface area contributed by atoms with Crippen molar-refractivity contribution in [1.29, 1.82) is 0 Å². The number of thioether (sulfide) groups is 1. The van der Waals surface area contributed by atoms with Crippen LogP contribution in [-0.4, -0.2) is 26.0 Å². The highest BCUT2D eigenvalue weighted by Gasteiger charge is 2.13. The Bertz CT molecular complexity index is 323. The summed E-state index contributed by atoms with van der Waals surface area (Å²) in [6, 6.07) is 8.26. The lowest BCUT2D eigenvalue weighted by Crippen LogP contribution is -2.30. The Kier molecular flexibility index (Phi) is 4.55. The first-order valence-corrected chi connectivity index (χ1v) is 6.85. The molecule has 0 unspecified atom stereocenters. The molecular weight excluding hydrogens is 218 g/mol. The van der Waals surface area contributed by atoms with Gasteiger partial charge in [0.05, 0.1) is 7.11 Å². The fourth-order valence-corrected chi connectivity index (χ4v) is 3.18. The smallest absolute Gasteiger partial charge is 0.132 e. The van der Waals surface area contributed by atoms with E-state index in [0.29, 0.717) is 0 Å². The SMILES string of the molecule is COc1ccccc1SC[C@H]1CCCNC1. The fourth-order valence-electron chi connectivity index (χ4n) is 2.01. The van der Waals surface area contributed by atoms with E-state index in [1.165, 1.54) is 36.6 Å². The Morgan fingerprint density at radius 3 is 3.06 bits per heavy atom. The standard InChI is InChI=1S/C13H19NOS/c1-15-12-6-2-3-7-13(12)16-10-11-5-4-8-14-9-11/h2-3,6-7,11,14H,4-5,8-10H2,1H3/t11-/m0/s1. The number of rotatable bonds is 4. The van der Waals surface area contributed by atoms with Crippen molar-refractivity contribution in [2.24, 2.45) is 5.92 Å². The molecule has 1 fully saturated rings. The fraction of sp³-hybridized carbons (Fsp3) is 0.538. The first kappa shape index (κ1) is 11.8. The summed E-state index contributed by atoms with van der Waals surface area (Å²) in [4.78, 5) is 1.26. The maximum atomic E-state index is 5.35. The van der Waals surface area contributed by atoms with Crippen LogP contribution >= 0.6 is 11.8 Å². The van der Waals surface area contributed by atoms with Crippen LogP contribution in [0.5, 0.6) is 5.75 Å². The van der Waals surface area contributed by atoms with Gasteiger partial charge in [-0.1, -0.05) is 12.1 Å². The molecule has 1 atom stereocenters. The highest BCUT2D eigenvalue weighted by Crippen LogP contribution is 2.31.